The molecule has 0 radical (unpaired) electrons. The summed E-state index contributed by atoms with van der Waals surface area (Å²) in [5.41, 5.74) is 3.90. The number of nitrogens with zero attached hydrogens (tertiary/aromatic N) is 3. The first-order chi connectivity index (χ1) is 14.1. The summed E-state index contributed by atoms with van der Waals surface area (Å²) < 4.78 is 0. The van der Waals surface area contributed by atoms with Gasteiger partial charge in [0.25, 0.3) is 0 Å². The second kappa shape index (κ2) is 9.76. The van der Waals surface area contributed by atoms with E-state index >= 15 is 0 Å². The maximum Gasteiger partial charge on any atom is 0.0595 e. The topological polar surface area (TPSA) is 9.72 Å². The van der Waals surface area contributed by atoms with Crippen LogP contribution in [0.2, 0.25) is 10.0 Å². The predicted octanol–water partition coefficient (Wildman–Crippen LogP) is 5.34. The van der Waals surface area contributed by atoms with Crippen LogP contribution in [0.25, 0.3) is 6.08 Å². The van der Waals surface area contributed by atoms with Crippen molar-refractivity contribution in [1.82, 2.24) is 9.80 Å². The normalized spacial score (nSPS) is 20.4. The van der Waals surface area contributed by atoms with Crippen LogP contribution in [-0.2, 0) is 6.54 Å². The molecule has 2 fully saturated rings. The number of halogens is 2. The van der Waals surface area contributed by atoms with E-state index in [1.54, 1.807) is 0 Å². The predicted molar refractivity (Wildman–Crippen MR) is 128 cm³/mol. The SMILES string of the molecule is CN1CCN(c2ccccc2C=C2CN(Cc3ccc(Cl)c(Cl)c3)CCS2)CC1. The molecule has 2 saturated heterocycles. The highest BCUT2D eigenvalue weighted by molar-refractivity contribution is 8.03. The molecule has 0 unspecified atom stereocenters. The second-order valence-corrected chi connectivity index (χ2v) is 9.80. The smallest absolute Gasteiger partial charge is 0.0595 e. The fourth-order valence-corrected chi connectivity index (χ4v) is 5.30. The Labute approximate surface area is 188 Å². The van der Waals surface area contributed by atoms with Gasteiger partial charge in [-0.3, -0.25) is 4.90 Å². The number of hydrogen-bond acceptors (Lipinski definition) is 4. The lowest BCUT2D eigenvalue weighted by atomic mass is 10.1. The highest BCUT2D eigenvalue weighted by atomic mass is 35.5. The molecule has 29 heavy (non-hydrogen) atoms. The van der Waals surface area contributed by atoms with Crippen molar-refractivity contribution in [2.75, 3.05) is 57.0 Å². The van der Waals surface area contributed by atoms with Gasteiger partial charge < -0.3 is 9.80 Å². The lowest BCUT2D eigenvalue weighted by molar-refractivity contribution is 0.307. The number of thioether (sulfide) groups is 1. The minimum absolute atomic E-state index is 0.616. The van der Waals surface area contributed by atoms with Gasteiger partial charge in [-0.15, -0.1) is 11.8 Å². The van der Waals surface area contributed by atoms with E-state index in [1.165, 1.54) is 21.7 Å². The molecule has 6 heteroatoms. The number of piperazine rings is 1. The van der Waals surface area contributed by atoms with Crippen molar-refractivity contribution >= 4 is 46.7 Å². The zero-order chi connectivity index (χ0) is 20.2. The fraction of sp³-hybridized carbons (Fsp3) is 0.391. The van der Waals surface area contributed by atoms with Crippen molar-refractivity contribution < 1.29 is 0 Å². The molecule has 0 bridgehead atoms. The molecule has 3 nitrogen and oxygen atoms in total. The Morgan fingerprint density at radius 3 is 2.55 bits per heavy atom. The summed E-state index contributed by atoms with van der Waals surface area (Å²) in [4.78, 5) is 8.83. The Morgan fingerprint density at radius 2 is 1.76 bits per heavy atom. The number of rotatable bonds is 4. The lowest BCUT2D eigenvalue weighted by Gasteiger charge is -2.35. The molecule has 0 amide bonds. The molecule has 2 aromatic carbocycles. The van der Waals surface area contributed by atoms with E-state index in [4.69, 9.17) is 23.2 Å². The molecule has 0 N–H and O–H groups in total. The molecule has 0 spiro atoms. The van der Waals surface area contributed by atoms with Crippen LogP contribution in [0.4, 0.5) is 5.69 Å². The highest BCUT2D eigenvalue weighted by Gasteiger charge is 2.19. The molecule has 2 heterocycles. The standard InChI is InChI=1S/C23H27Cl2N3S/c1-26-8-10-28(11-9-26)23-5-3-2-4-19(23)15-20-17-27(12-13-29-20)16-18-6-7-21(24)22(25)14-18/h2-7,14-15H,8-13,16-17H2,1H3. The third-order valence-corrected chi connectivity index (χ3v) is 7.31. The average molecular weight is 448 g/mol. The Bertz CT molecular complexity index is 878. The van der Waals surface area contributed by atoms with E-state index in [1.807, 2.05) is 23.9 Å². The number of anilines is 1. The monoisotopic (exact) mass is 447 g/mol. The summed E-state index contributed by atoms with van der Waals surface area (Å²) in [5.74, 6) is 1.11. The van der Waals surface area contributed by atoms with Crippen LogP contribution < -0.4 is 4.90 Å². The number of likely N-dealkylation sites (N-methyl/N-ethyl adjacent to an activating group) is 1. The van der Waals surface area contributed by atoms with E-state index in [0.717, 1.165) is 51.6 Å². The maximum absolute atomic E-state index is 6.19. The molecule has 0 saturated carbocycles. The number of hydrogen-bond donors (Lipinski definition) is 0. The van der Waals surface area contributed by atoms with Gasteiger partial charge in [0.1, 0.15) is 0 Å². The summed E-state index contributed by atoms with van der Waals surface area (Å²) in [6, 6.07) is 14.8. The van der Waals surface area contributed by atoms with Crippen molar-refractivity contribution in [3.05, 3.63) is 68.5 Å². The zero-order valence-electron chi connectivity index (χ0n) is 16.8. The molecule has 0 aromatic heterocycles. The number of benzene rings is 2. The van der Waals surface area contributed by atoms with Gasteiger partial charge in [0.15, 0.2) is 0 Å². The summed E-state index contributed by atoms with van der Waals surface area (Å²) in [6.45, 7) is 7.38. The fourth-order valence-electron chi connectivity index (χ4n) is 3.89. The van der Waals surface area contributed by atoms with Crippen LogP contribution in [0.15, 0.2) is 47.4 Å². The van der Waals surface area contributed by atoms with Gasteiger partial charge in [0.2, 0.25) is 0 Å². The van der Waals surface area contributed by atoms with Gasteiger partial charge in [-0.05, 0) is 47.4 Å². The quantitative estimate of drug-likeness (QED) is 0.625. The van der Waals surface area contributed by atoms with Crippen LogP contribution in [0.1, 0.15) is 11.1 Å². The van der Waals surface area contributed by atoms with Crippen molar-refractivity contribution in [2.45, 2.75) is 6.54 Å². The summed E-state index contributed by atoms with van der Waals surface area (Å²) in [7, 11) is 2.20. The molecule has 0 atom stereocenters. The molecule has 2 aliphatic heterocycles. The molecular weight excluding hydrogens is 421 g/mol. The molecule has 0 aliphatic carbocycles. The van der Waals surface area contributed by atoms with Gasteiger partial charge in [0.05, 0.1) is 10.0 Å². The minimum atomic E-state index is 0.616. The highest BCUT2D eigenvalue weighted by Crippen LogP contribution is 2.31. The first-order valence-corrected chi connectivity index (χ1v) is 11.8. The largest absolute Gasteiger partial charge is 0.368 e. The number of para-hydroxylation sites is 1. The van der Waals surface area contributed by atoms with Crippen molar-refractivity contribution in [3.8, 4) is 0 Å². The van der Waals surface area contributed by atoms with Crippen LogP contribution in [0, 0.1) is 0 Å². The third-order valence-electron chi connectivity index (χ3n) is 5.56. The lowest BCUT2D eigenvalue weighted by Crippen LogP contribution is -2.44. The van der Waals surface area contributed by atoms with Crippen LogP contribution in [0.5, 0.6) is 0 Å². The zero-order valence-corrected chi connectivity index (χ0v) is 19.1. The van der Waals surface area contributed by atoms with Gasteiger partial charge >= 0.3 is 0 Å². The van der Waals surface area contributed by atoms with Crippen molar-refractivity contribution in [1.29, 1.82) is 0 Å². The second-order valence-electron chi connectivity index (χ2n) is 7.77. The van der Waals surface area contributed by atoms with E-state index in [0.29, 0.717) is 10.0 Å². The molecule has 4 rings (SSSR count). The molecular formula is C23H27Cl2N3S. The van der Waals surface area contributed by atoms with Crippen molar-refractivity contribution in [3.63, 3.8) is 0 Å². The average Bonchev–Trinajstić information content (AvgIpc) is 2.72. The summed E-state index contributed by atoms with van der Waals surface area (Å²) in [5, 5.41) is 1.25. The Kier molecular flexibility index (Phi) is 7.09. The van der Waals surface area contributed by atoms with Crippen LogP contribution in [0.3, 0.4) is 0 Å². The minimum Gasteiger partial charge on any atom is -0.368 e. The Morgan fingerprint density at radius 1 is 0.966 bits per heavy atom. The molecule has 2 aliphatic rings. The van der Waals surface area contributed by atoms with E-state index in [-0.39, 0.29) is 0 Å². The molecule has 154 valence electrons. The van der Waals surface area contributed by atoms with Crippen LogP contribution in [-0.4, -0.2) is 61.9 Å². The summed E-state index contributed by atoms with van der Waals surface area (Å²) >= 11 is 14.2. The van der Waals surface area contributed by atoms with E-state index in [2.05, 4.69) is 58.2 Å². The maximum atomic E-state index is 6.19. The first kappa shape index (κ1) is 21.1. The van der Waals surface area contributed by atoms with Gasteiger partial charge in [0, 0.05) is 57.3 Å². The third kappa shape index (κ3) is 5.50. The van der Waals surface area contributed by atoms with Crippen molar-refractivity contribution in [2.24, 2.45) is 0 Å². The Hall–Kier alpha value is -1.17. The first-order valence-electron chi connectivity index (χ1n) is 10.1. The Balaban J connectivity index is 1.47. The van der Waals surface area contributed by atoms with E-state index in [9.17, 15) is 0 Å². The van der Waals surface area contributed by atoms with Crippen LogP contribution >= 0.6 is 35.0 Å². The molecule has 2 aromatic rings. The van der Waals surface area contributed by atoms with Gasteiger partial charge in [-0.1, -0.05) is 47.5 Å². The van der Waals surface area contributed by atoms with Gasteiger partial charge in [-0.25, -0.2) is 0 Å². The summed E-state index contributed by atoms with van der Waals surface area (Å²) in [6.07, 6.45) is 2.39. The van der Waals surface area contributed by atoms with Gasteiger partial charge in [-0.2, -0.15) is 0 Å². The van der Waals surface area contributed by atoms with E-state index < -0.39 is 0 Å².